The normalized spacial score (nSPS) is 14.7. The number of hydrogen-bond acceptors (Lipinski definition) is 4. The van der Waals surface area contributed by atoms with E-state index >= 15 is 0 Å². The zero-order chi connectivity index (χ0) is 19.6. The Bertz CT molecular complexity index is 836. The Labute approximate surface area is 158 Å². The Hall–Kier alpha value is -3.15. The van der Waals surface area contributed by atoms with Gasteiger partial charge in [0.2, 0.25) is 0 Å². The van der Waals surface area contributed by atoms with Crippen molar-refractivity contribution in [2.24, 2.45) is 0 Å². The molecule has 140 valence electrons. The molecular formula is C21H22N2O4. The molecule has 3 rings (SSSR count). The molecule has 3 amide bonds. The molecule has 1 aliphatic rings. The van der Waals surface area contributed by atoms with Crippen LogP contribution in [0.15, 0.2) is 54.6 Å². The number of benzene rings is 2. The summed E-state index contributed by atoms with van der Waals surface area (Å²) < 4.78 is 5.57. The van der Waals surface area contributed by atoms with Crippen molar-refractivity contribution in [2.75, 3.05) is 6.54 Å². The van der Waals surface area contributed by atoms with Gasteiger partial charge in [0.05, 0.1) is 17.7 Å². The maximum absolute atomic E-state index is 12.6. The monoisotopic (exact) mass is 366 g/mol. The van der Waals surface area contributed by atoms with Crippen LogP contribution in [0.5, 0.6) is 0 Å². The van der Waals surface area contributed by atoms with Crippen LogP contribution in [-0.4, -0.2) is 34.9 Å². The number of carbonyl (C=O) groups is 3. The molecule has 27 heavy (non-hydrogen) atoms. The molecule has 0 bridgehead atoms. The molecule has 0 aliphatic carbocycles. The third-order valence-electron chi connectivity index (χ3n) is 4.12. The van der Waals surface area contributed by atoms with E-state index in [2.05, 4.69) is 5.32 Å². The van der Waals surface area contributed by atoms with Crippen LogP contribution in [0.4, 0.5) is 4.79 Å². The van der Waals surface area contributed by atoms with Gasteiger partial charge in [-0.25, -0.2) is 4.79 Å². The van der Waals surface area contributed by atoms with E-state index in [0.717, 1.165) is 4.90 Å². The molecule has 2 aromatic carbocycles. The van der Waals surface area contributed by atoms with E-state index < -0.39 is 17.7 Å². The molecule has 0 spiro atoms. The van der Waals surface area contributed by atoms with Gasteiger partial charge in [0.1, 0.15) is 6.10 Å². The summed E-state index contributed by atoms with van der Waals surface area (Å²) in [5, 5.41) is 2.73. The van der Waals surface area contributed by atoms with E-state index in [1.165, 1.54) is 0 Å². The van der Waals surface area contributed by atoms with Crippen molar-refractivity contribution in [1.29, 1.82) is 0 Å². The van der Waals surface area contributed by atoms with Crippen molar-refractivity contribution in [3.8, 4) is 0 Å². The number of nitrogens with zero attached hydrogens (tertiary/aromatic N) is 1. The van der Waals surface area contributed by atoms with Crippen LogP contribution in [-0.2, 0) is 4.74 Å². The molecular weight excluding hydrogens is 344 g/mol. The van der Waals surface area contributed by atoms with Gasteiger partial charge in [-0.15, -0.1) is 0 Å². The van der Waals surface area contributed by atoms with E-state index in [9.17, 15) is 14.4 Å². The molecule has 1 aliphatic heterocycles. The van der Waals surface area contributed by atoms with Crippen LogP contribution in [0.25, 0.3) is 0 Å². The SMILES string of the molecule is CC(C)(C)NC(=O)OC(CN1C(=O)c2ccccc2C1=O)c1ccccc1. The van der Waals surface area contributed by atoms with E-state index in [1.54, 1.807) is 36.4 Å². The fraction of sp³-hybridized carbons (Fsp3) is 0.286. The topological polar surface area (TPSA) is 75.7 Å². The standard InChI is InChI=1S/C21H22N2O4/c1-21(2,3)22-20(26)27-17(14-9-5-4-6-10-14)13-23-18(24)15-11-7-8-12-16(15)19(23)25/h4-12,17H,13H2,1-3H3,(H,22,26). The highest BCUT2D eigenvalue weighted by molar-refractivity contribution is 6.21. The second-order valence-corrected chi connectivity index (χ2v) is 7.45. The van der Waals surface area contributed by atoms with Gasteiger partial charge in [0.25, 0.3) is 11.8 Å². The van der Waals surface area contributed by atoms with Gasteiger partial charge in [-0.1, -0.05) is 42.5 Å². The molecule has 1 N–H and O–H groups in total. The van der Waals surface area contributed by atoms with Crippen molar-refractivity contribution in [3.63, 3.8) is 0 Å². The van der Waals surface area contributed by atoms with Crippen LogP contribution in [0.1, 0.15) is 53.2 Å². The summed E-state index contributed by atoms with van der Waals surface area (Å²) in [7, 11) is 0. The summed E-state index contributed by atoms with van der Waals surface area (Å²) in [6.07, 6.45) is -1.37. The molecule has 0 radical (unpaired) electrons. The molecule has 0 fully saturated rings. The van der Waals surface area contributed by atoms with Gasteiger partial charge in [-0.3, -0.25) is 14.5 Å². The number of hydrogen-bond donors (Lipinski definition) is 1. The van der Waals surface area contributed by atoms with E-state index in [-0.39, 0.29) is 18.4 Å². The van der Waals surface area contributed by atoms with Gasteiger partial charge < -0.3 is 10.1 Å². The van der Waals surface area contributed by atoms with Crippen LogP contribution in [0.2, 0.25) is 0 Å². The molecule has 0 aromatic heterocycles. The lowest BCUT2D eigenvalue weighted by molar-refractivity contribution is 0.0454. The van der Waals surface area contributed by atoms with Crippen LogP contribution in [0, 0.1) is 0 Å². The third kappa shape index (κ3) is 4.16. The zero-order valence-electron chi connectivity index (χ0n) is 15.6. The lowest BCUT2D eigenvalue weighted by atomic mass is 10.1. The average molecular weight is 366 g/mol. The van der Waals surface area contributed by atoms with Crippen molar-refractivity contribution in [3.05, 3.63) is 71.3 Å². The summed E-state index contributed by atoms with van der Waals surface area (Å²) in [6.45, 7) is 5.48. The maximum atomic E-state index is 12.6. The van der Waals surface area contributed by atoms with Crippen LogP contribution < -0.4 is 5.32 Å². The highest BCUT2D eigenvalue weighted by atomic mass is 16.6. The van der Waals surface area contributed by atoms with Crippen LogP contribution in [0.3, 0.4) is 0 Å². The lowest BCUT2D eigenvalue weighted by Gasteiger charge is -2.26. The largest absolute Gasteiger partial charge is 0.439 e. The summed E-state index contributed by atoms with van der Waals surface area (Å²) in [6, 6.07) is 15.8. The first kappa shape index (κ1) is 18.6. The first-order valence-electron chi connectivity index (χ1n) is 8.75. The smallest absolute Gasteiger partial charge is 0.408 e. The number of imide groups is 1. The number of fused-ring (bicyclic) bond motifs is 1. The van der Waals surface area contributed by atoms with Gasteiger partial charge in [-0.2, -0.15) is 0 Å². The Morgan fingerprint density at radius 2 is 1.48 bits per heavy atom. The minimum Gasteiger partial charge on any atom is -0.439 e. The second kappa shape index (κ2) is 7.23. The van der Waals surface area contributed by atoms with E-state index in [4.69, 9.17) is 4.74 Å². The number of alkyl carbamates (subject to hydrolysis) is 1. The van der Waals surface area contributed by atoms with Gasteiger partial charge in [-0.05, 0) is 38.5 Å². The fourth-order valence-corrected chi connectivity index (χ4v) is 2.91. The van der Waals surface area contributed by atoms with Gasteiger partial charge in [0, 0.05) is 5.54 Å². The summed E-state index contributed by atoms with van der Waals surface area (Å²) in [5.74, 6) is -0.757. The predicted molar refractivity (Wildman–Crippen MR) is 100 cm³/mol. The van der Waals surface area contributed by atoms with Crippen LogP contribution >= 0.6 is 0 Å². The fourth-order valence-electron chi connectivity index (χ4n) is 2.91. The number of rotatable bonds is 4. The summed E-state index contributed by atoms with van der Waals surface area (Å²) in [4.78, 5) is 38.7. The Morgan fingerprint density at radius 3 is 2.00 bits per heavy atom. The zero-order valence-corrected chi connectivity index (χ0v) is 15.6. The van der Waals surface area contributed by atoms with E-state index in [1.807, 2.05) is 39.0 Å². The van der Waals surface area contributed by atoms with Crippen molar-refractivity contribution in [1.82, 2.24) is 10.2 Å². The number of ether oxygens (including phenoxy) is 1. The number of carbonyl (C=O) groups excluding carboxylic acids is 3. The molecule has 1 heterocycles. The predicted octanol–water partition coefficient (Wildman–Crippen LogP) is 3.55. The Morgan fingerprint density at radius 1 is 0.963 bits per heavy atom. The third-order valence-corrected chi connectivity index (χ3v) is 4.12. The molecule has 0 saturated heterocycles. The number of nitrogens with one attached hydrogen (secondary N) is 1. The van der Waals surface area contributed by atoms with Gasteiger partial charge >= 0.3 is 6.09 Å². The summed E-state index contributed by atoms with van der Waals surface area (Å²) in [5.41, 5.74) is 0.980. The summed E-state index contributed by atoms with van der Waals surface area (Å²) >= 11 is 0. The highest BCUT2D eigenvalue weighted by Crippen LogP contribution is 2.27. The second-order valence-electron chi connectivity index (χ2n) is 7.45. The first-order valence-corrected chi connectivity index (χ1v) is 8.75. The minimum absolute atomic E-state index is 0.0477. The molecule has 1 atom stereocenters. The molecule has 0 saturated carbocycles. The lowest BCUT2D eigenvalue weighted by Crippen LogP contribution is -2.43. The maximum Gasteiger partial charge on any atom is 0.408 e. The van der Waals surface area contributed by atoms with Crippen molar-refractivity contribution < 1.29 is 19.1 Å². The molecule has 1 unspecified atom stereocenters. The van der Waals surface area contributed by atoms with E-state index in [0.29, 0.717) is 16.7 Å². The van der Waals surface area contributed by atoms with Crippen molar-refractivity contribution in [2.45, 2.75) is 32.4 Å². The average Bonchev–Trinajstić information content (AvgIpc) is 2.85. The highest BCUT2D eigenvalue weighted by Gasteiger charge is 2.37. The van der Waals surface area contributed by atoms with Crippen molar-refractivity contribution >= 4 is 17.9 Å². The molecule has 2 aromatic rings. The van der Waals surface area contributed by atoms with Gasteiger partial charge in [0.15, 0.2) is 0 Å². The number of amides is 3. The quantitative estimate of drug-likeness (QED) is 0.840. The minimum atomic E-state index is -0.768. The molecule has 6 heteroatoms. The Balaban J connectivity index is 1.83. The molecule has 6 nitrogen and oxygen atoms in total. The Kier molecular flexibility index (Phi) is 4.99. The first-order chi connectivity index (χ1) is 12.8.